The predicted molar refractivity (Wildman–Crippen MR) is 61.2 cm³/mol. The summed E-state index contributed by atoms with van der Waals surface area (Å²) in [5.41, 5.74) is 0. The molecule has 0 amide bonds. The summed E-state index contributed by atoms with van der Waals surface area (Å²) in [6.07, 6.45) is 7.85. The molecule has 0 radical (unpaired) electrons. The summed E-state index contributed by atoms with van der Waals surface area (Å²) in [5, 5.41) is 4.10. The molecule has 1 aromatic rings. The van der Waals surface area contributed by atoms with Gasteiger partial charge in [0.25, 0.3) is 0 Å². The van der Waals surface area contributed by atoms with Crippen LogP contribution in [0.1, 0.15) is 32.6 Å². The Morgan fingerprint density at radius 3 is 2.94 bits per heavy atom. The van der Waals surface area contributed by atoms with E-state index in [2.05, 4.69) is 17.0 Å². The Morgan fingerprint density at radius 2 is 2.24 bits per heavy atom. The molecule has 5 heteroatoms. The van der Waals surface area contributed by atoms with Crippen LogP contribution >= 0.6 is 0 Å². The Balaban J connectivity index is 1.58. The van der Waals surface area contributed by atoms with Crippen molar-refractivity contribution in [2.24, 2.45) is 5.92 Å². The second-order valence-corrected chi connectivity index (χ2v) is 5.26. The second-order valence-electron chi connectivity index (χ2n) is 5.26. The highest BCUT2D eigenvalue weighted by Crippen LogP contribution is 2.39. The molecule has 1 spiro atoms. The van der Waals surface area contributed by atoms with Gasteiger partial charge in [0.1, 0.15) is 18.8 Å². The van der Waals surface area contributed by atoms with Crippen molar-refractivity contribution >= 4 is 0 Å². The van der Waals surface area contributed by atoms with E-state index in [0.29, 0.717) is 6.61 Å². The molecule has 5 nitrogen and oxygen atoms in total. The third-order valence-electron chi connectivity index (χ3n) is 3.81. The van der Waals surface area contributed by atoms with Gasteiger partial charge >= 0.3 is 0 Å². The van der Waals surface area contributed by atoms with Crippen molar-refractivity contribution in [1.82, 2.24) is 14.8 Å². The van der Waals surface area contributed by atoms with Crippen molar-refractivity contribution in [1.29, 1.82) is 0 Å². The van der Waals surface area contributed by atoms with Crippen LogP contribution in [0.3, 0.4) is 0 Å². The maximum atomic E-state index is 6.10. The topological polar surface area (TPSA) is 49.2 Å². The largest absolute Gasteiger partial charge is 0.347 e. The molecular weight excluding hydrogens is 218 g/mol. The first kappa shape index (κ1) is 11.2. The predicted octanol–water partition coefficient (Wildman–Crippen LogP) is 1.60. The Labute approximate surface area is 101 Å². The lowest BCUT2D eigenvalue weighted by Crippen LogP contribution is -2.35. The highest BCUT2D eigenvalue weighted by molar-refractivity contribution is 4.84. The molecule has 1 saturated carbocycles. The summed E-state index contributed by atoms with van der Waals surface area (Å²) >= 11 is 0. The Hall–Kier alpha value is -0.940. The fourth-order valence-corrected chi connectivity index (χ4v) is 2.71. The van der Waals surface area contributed by atoms with Gasteiger partial charge in [0.05, 0.1) is 13.2 Å². The number of nitrogens with zero attached hydrogens (tertiary/aromatic N) is 3. The van der Waals surface area contributed by atoms with Crippen LogP contribution in [0.25, 0.3) is 0 Å². The molecule has 1 atom stereocenters. The van der Waals surface area contributed by atoms with Crippen LogP contribution in [0.5, 0.6) is 0 Å². The molecular formula is C12H19N3O2. The van der Waals surface area contributed by atoms with Gasteiger partial charge < -0.3 is 9.47 Å². The van der Waals surface area contributed by atoms with E-state index in [4.69, 9.17) is 9.47 Å². The Morgan fingerprint density at radius 1 is 1.41 bits per heavy atom. The van der Waals surface area contributed by atoms with Gasteiger partial charge in [-0.25, -0.2) is 4.98 Å². The first-order valence-corrected chi connectivity index (χ1v) is 6.40. The van der Waals surface area contributed by atoms with Crippen LogP contribution in [0.2, 0.25) is 0 Å². The Bertz CT molecular complexity index is 358. The van der Waals surface area contributed by atoms with E-state index in [9.17, 15) is 0 Å². The fourth-order valence-electron chi connectivity index (χ4n) is 2.71. The Kier molecular flexibility index (Phi) is 2.88. The smallest absolute Gasteiger partial charge is 0.169 e. The quantitative estimate of drug-likeness (QED) is 0.784. The zero-order valence-electron chi connectivity index (χ0n) is 10.2. The summed E-state index contributed by atoms with van der Waals surface area (Å²) in [6.45, 7) is 3.71. The van der Waals surface area contributed by atoms with Crippen molar-refractivity contribution in [2.75, 3.05) is 6.61 Å². The highest BCUT2D eigenvalue weighted by atomic mass is 16.7. The monoisotopic (exact) mass is 237 g/mol. The van der Waals surface area contributed by atoms with Crippen molar-refractivity contribution in [3.8, 4) is 0 Å². The number of aromatic nitrogens is 3. The van der Waals surface area contributed by atoms with Gasteiger partial charge in [-0.1, -0.05) is 6.92 Å². The molecule has 0 unspecified atom stereocenters. The van der Waals surface area contributed by atoms with Crippen LogP contribution in [-0.2, 0) is 16.0 Å². The first-order chi connectivity index (χ1) is 8.26. The zero-order valence-corrected chi connectivity index (χ0v) is 10.2. The number of rotatable bonds is 2. The van der Waals surface area contributed by atoms with E-state index in [1.54, 1.807) is 17.3 Å². The van der Waals surface area contributed by atoms with Gasteiger partial charge in [-0.2, -0.15) is 5.10 Å². The van der Waals surface area contributed by atoms with Crippen LogP contribution in [0.4, 0.5) is 0 Å². The SMILES string of the molecule is CC1CCC2(CC1)OC[C@@H](Cn1cncn1)O2. The lowest BCUT2D eigenvalue weighted by molar-refractivity contribution is -0.192. The average Bonchev–Trinajstić information content (AvgIpc) is 2.95. The summed E-state index contributed by atoms with van der Waals surface area (Å²) < 4.78 is 13.8. The molecule has 1 aliphatic carbocycles. The number of ether oxygens (including phenoxy) is 2. The zero-order chi connectivity index (χ0) is 11.7. The third-order valence-corrected chi connectivity index (χ3v) is 3.81. The van der Waals surface area contributed by atoms with Crippen LogP contribution < -0.4 is 0 Å². The van der Waals surface area contributed by atoms with E-state index in [-0.39, 0.29) is 11.9 Å². The van der Waals surface area contributed by atoms with Crippen molar-refractivity contribution in [3.05, 3.63) is 12.7 Å². The molecule has 2 fully saturated rings. The minimum atomic E-state index is -0.294. The van der Waals surface area contributed by atoms with Crippen molar-refractivity contribution in [3.63, 3.8) is 0 Å². The first-order valence-electron chi connectivity index (χ1n) is 6.40. The molecule has 17 heavy (non-hydrogen) atoms. The standard InChI is InChI=1S/C12H19N3O2/c1-10-2-4-12(5-3-10)16-7-11(17-12)6-15-9-13-8-14-15/h8-11H,2-7H2,1H3/t10?,11-,12?/m1/s1. The summed E-state index contributed by atoms with van der Waals surface area (Å²) in [4.78, 5) is 3.93. The van der Waals surface area contributed by atoms with Gasteiger partial charge in [-0.15, -0.1) is 0 Å². The third kappa shape index (κ3) is 2.35. The summed E-state index contributed by atoms with van der Waals surface area (Å²) in [7, 11) is 0. The van der Waals surface area contributed by atoms with Gasteiger partial charge in [-0.3, -0.25) is 4.68 Å². The van der Waals surface area contributed by atoms with E-state index in [1.807, 2.05) is 0 Å². The molecule has 0 N–H and O–H groups in total. The molecule has 94 valence electrons. The number of hydrogen-bond acceptors (Lipinski definition) is 4. The van der Waals surface area contributed by atoms with Gasteiger partial charge in [0.15, 0.2) is 5.79 Å². The van der Waals surface area contributed by atoms with E-state index in [1.165, 1.54) is 12.8 Å². The minimum Gasteiger partial charge on any atom is -0.347 e. The van der Waals surface area contributed by atoms with E-state index < -0.39 is 0 Å². The molecule has 2 aliphatic rings. The number of hydrogen-bond donors (Lipinski definition) is 0. The highest BCUT2D eigenvalue weighted by Gasteiger charge is 2.43. The van der Waals surface area contributed by atoms with Crippen molar-refractivity contribution < 1.29 is 9.47 Å². The van der Waals surface area contributed by atoms with Crippen LogP contribution in [-0.4, -0.2) is 33.3 Å². The molecule has 1 aromatic heterocycles. The van der Waals surface area contributed by atoms with Gasteiger partial charge in [0.2, 0.25) is 0 Å². The summed E-state index contributed by atoms with van der Waals surface area (Å²) in [5.74, 6) is 0.514. The lowest BCUT2D eigenvalue weighted by atomic mass is 9.86. The van der Waals surface area contributed by atoms with Crippen LogP contribution in [0.15, 0.2) is 12.7 Å². The van der Waals surface area contributed by atoms with Crippen LogP contribution in [0, 0.1) is 5.92 Å². The minimum absolute atomic E-state index is 0.116. The maximum absolute atomic E-state index is 6.10. The maximum Gasteiger partial charge on any atom is 0.169 e. The van der Waals surface area contributed by atoms with E-state index in [0.717, 1.165) is 25.3 Å². The molecule has 0 aromatic carbocycles. The molecule has 2 heterocycles. The van der Waals surface area contributed by atoms with Gasteiger partial charge in [-0.05, 0) is 18.8 Å². The average molecular weight is 237 g/mol. The van der Waals surface area contributed by atoms with E-state index >= 15 is 0 Å². The van der Waals surface area contributed by atoms with Gasteiger partial charge in [0, 0.05) is 12.8 Å². The molecule has 1 aliphatic heterocycles. The lowest BCUT2D eigenvalue weighted by Gasteiger charge is -2.34. The van der Waals surface area contributed by atoms with Crippen molar-refractivity contribution in [2.45, 2.75) is 51.0 Å². The molecule has 0 bridgehead atoms. The normalized spacial score (nSPS) is 37.7. The second kappa shape index (κ2) is 4.38. The molecule has 1 saturated heterocycles. The summed E-state index contributed by atoms with van der Waals surface area (Å²) in [6, 6.07) is 0. The molecule has 3 rings (SSSR count). The fraction of sp³-hybridized carbons (Fsp3) is 0.833.